The van der Waals surface area contributed by atoms with E-state index in [1.54, 1.807) is 67.6 Å². The van der Waals surface area contributed by atoms with Gasteiger partial charge in [0.05, 0.1) is 19.8 Å². The van der Waals surface area contributed by atoms with E-state index < -0.39 is 6.10 Å². The minimum atomic E-state index is -0.786. The van der Waals surface area contributed by atoms with Crippen molar-refractivity contribution in [3.8, 4) is 5.75 Å². The van der Waals surface area contributed by atoms with Gasteiger partial charge in [-0.2, -0.15) is 0 Å². The number of ether oxygens (including phenoxy) is 1. The summed E-state index contributed by atoms with van der Waals surface area (Å²) in [7, 11) is 3.25. The van der Waals surface area contributed by atoms with Crippen molar-refractivity contribution in [3.63, 3.8) is 0 Å². The van der Waals surface area contributed by atoms with Crippen molar-refractivity contribution < 1.29 is 19.4 Å². The predicted octanol–water partition coefficient (Wildman–Crippen LogP) is 2.63. The van der Waals surface area contributed by atoms with Gasteiger partial charge in [0.15, 0.2) is 0 Å². The number of likely N-dealkylation sites (N-methyl/N-ethyl adjacent to an activating group) is 1. The van der Waals surface area contributed by atoms with Gasteiger partial charge in [-0.05, 0) is 48.4 Å². The van der Waals surface area contributed by atoms with Crippen LogP contribution < -0.4 is 9.64 Å². The summed E-state index contributed by atoms with van der Waals surface area (Å²) in [6.07, 6.45) is 0.657. The van der Waals surface area contributed by atoms with Crippen LogP contribution in [0, 0.1) is 0 Å². The van der Waals surface area contributed by atoms with E-state index in [1.807, 2.05) is 0 Å². The van der Waals surface area contributed by atoms with Crippen LogP contribution in [-0.4, -0.2) is 49.1 Å². The topological polar surface area (TPSA) is 70.1 Å². The van der Waals surface area contributed by atoms with Crippen LogP contribution in [0.25, 0.3) is 0 Å². The molecule has 6 nitrogen and oxygen atoms in total. The molecule has 0 spiro atoms. The van der Waals surface area contributed by atoms with E-state index >= 15 is 0 Å². The Labute approximate surface area is 159 Å². The van der Waals surface area contributed by atoms with Crippen LogP contribution in [0.1, 0.15) is 34.9 Å². The van der Waals surface area contributed by atoms with Crippen molar-refractivity contribution >= 4 is 17.5 Å². The Hall–Kier alpha value is -2.86. The molecule has 1 heterocycles. The van der Waals surface area contributed by atoms with Gasteiger partial charge in [-0.3, -0.25) is 9.59 Å². The van der Waals surface area contributed by atoms with E-state index in [1.165, 1.54) is 4.90 Å². The molecule has 142 valence electrons. The molecule has 1 atom stereocenters. The molecule has 3 rings (SSSR count). The number of hydrogen-bond acceptors (Lipinski definition) is 4. The molecule has 0 aliphatic carbocycles. The third-order valence-corrected chi connectivity index (χ3v) is 4.79. The van der Waals surface area contributed by atoms with E-state index in [0.29, 0.717) is 17.7 Å². The maximum Gasteiger partial charge on any atom is 0.253 e. The molecule has 27 heavy (non-hydrogen) atoms. The maximum atomic E-state index is 12.6. The van der Waals surface area contributed by atoms with Gasteiger partial charge in [-0.1, -0.05) is 12.1 Å². The normalized spacial score (nSPS) is 14.9. The van der Waals surface area contributed by atoms with Crippen LogP contribution >= 0.6 is 0 Å². The Morgan fingerprint density at radius 1 is 1.19 bits per heavy atom. The molecular formula is C21H24N2O4. The van der Waals surface area contributed by atoms with Gasteiger partial charge in [0.1, 0.15) is 5.75 Å². The lowest BCUT2D eigenvalue weighted by atomic mass is 10.1. The molecule has 6 heteroatoms. The predicted molar refractivity (Wildman–Crippen MR) is 103 cm³/mol. The number of rotatable bonds is 6. The van der Waals surface area contributed by atoms with Gasteiger partial charge in [0, 0.05) is 31.3 Å². The van der Waals surface area contributed by atoms with Gasteiger partial charge in [0.2, 0.25) is 5.91 Å². The number of anilines is 1. The minimum absolute atomic E-state index is 0.119. The number of methoxy groups -OCH3 is 1. The standard InChI is InChI=1S/C21H24N2O4/c1-22(14-19(24)15-7-11-18(27-2)12-8-15)21(26)16-5-9-17(10-6-16)23-13-3-4-20(23)25/h5-12,19,24H,3-4,13-14H2,1-2H3. The Morgan fingerprint density at radius 2 is 1.85 bits per heavy atom. The molecule has 2 aromatic carbocycles. The molecule has 0 saturated carbocycles. The second-order valence-electron chi connectivity index (χ2n) is 6.67. The Bertz CT molecular complexity index is 802. The quantitative estimate of drug-likeness (QED) is 0.851. The summed E-state index contributed by atoms with van der Waals surface area (Å²) >= 11 is 0. The van der Waals surface area contributed by atoms with Gasteiger partial charge >= 0.3 is 0 Å². The number of hydrogen-bond donors (Lipinski definition) is 1. The average Bonchev–Trinajstić information content (AvgIpc) is 3.13. The van der Waals surface area contributed by atoms with Gasteiger partial charge in [0.25, 0.3) is 5.91 Å². The van der Waals surface area contributed by atoms with E-state index in [9.17, 15) is 14.7 Å². The van der Waals surface area contributed by atoms with E-state index in [0.717, 1.165) is 24.2 Å². The molecular weight excluding hydrogens is 344 g/mol. The molecule has 2 amide bonds. The zero-order valence-electron chi connectivity index (χ0n) is 15.6. The highest BCUT2D eigenvalue weighted by Gasteiger charge is 2.22. The average molecular weight is 368 g/mol. The molecule has 1 N–H and O–H groups in total. The zero-order chi connectivity index (χ0) is 19.4. The van der Waals surface area contributed by atoms with Crippen LogP contribution in [0.4, 0.5) is 5.69 Å². The second-order valence-corrected chi connectivity index (χ2v) is 6.67. The number of carbonyl (C=O) groups is 2. The first kappa shape index (κ1) is 18.9. The fourth-order valence-electron chi connectivity index (χ4n) is 3.20. The summed E-state index contributed by atoms with van der Waals surface area (Å²) < 4.78 is 5.11. The largest absolute Gasteiger partial charge is 0.497 e. The van der Waals surface area contributed by atoms with Crippen LogP contribution in [0.2, 0.25) is 0 Å². The van der Waals surface area contributed by atoms with Crippen molar-refractivity contribution in [1.29, 1.82) is 0 Å². The third kappa shape index (κ3) is 4.28. The van der Waals surface area contributed by atoms with Gasteiger partial charge in [-0.15, -0.1) is 0 Å². The Balaban J connectivity index is 1.63. The first-order chi connectivity index (χ1) is 13.0. The van der Waals surface area contributed by atoms with Crippen molar-refractivity contribution in [2.24, 2.45) is 0 Å². The molecule has 1 aliphatic rings. The fourth-order valence-corrected chi connectivity index (χ4v) is 3.20. The monoisotopic (exact) mass is 368 g/mol. The first-order valence-electron chi connectivity index (χ1n) is 8.97. The molecule has 0 bridgehead atoms. The van der Waals surface area contributed by atoms with Crippen LogP contribution in [0.3, 0.4) is 0 Å². The molecule has 1 saturated heterocycles. The van der Waals surface area contributed by atoms with Crippen LogP contribution in [-0.2, 0) is 4.79 Å². The summed E-state index contributed by atoms with van der Waals surface area (Å²) in [4.78, 5) is 27.7. The number of carbonyl (C=O) groups excluding carboxylic acids is 2. The highest BCUT2D eigenvalue weighted by Crippen LogP contribution is 2.23. The van der Waals surface area contributed by atoms with Crippen molar-refractivity contribution in [2.45, 2.75) is 18.9 Å². The van der Waals surface area contributed by atoms with E-state index in [2.05, 4.69) is 0 Å². The summed E-state index contributed by atoms with van der Waals surface area (Å²) in [5, 5.41) is 10.4. The lowest BCUT2D eigenvalue weighted by Crippen LogP contribution is -2.31. The molecule has 0 radical (unpaired) electrons. The van der Waals surface area contributed by atoms with Crippen molar-refractivity contribution in [2.75, 3.05) is 32.1 Å². The highest BCUT2D eigenvalue weighted by molar-refractivity contribution is 5.97. The number of benzene rings is 2. The number of nitrogens with zero attached hydrogens (tertiary/aromatic N) is 2. The third-order valence-electron chi connectivity index (χ3n) is 4.79. The molecule has 1 unspecified atom stereocenters. The summed E-state index contributed by atoms with van der Waals surface area (Å²) in [5.41, 5.74) is 2.06. The van der Waals surface area contributed by atoms with Crippen LogP contribution in [0.5, 0.6) is 5.75 Å². The first-order valence-corrected chi connectivity index (χ1v) is 8.97. The van der Waals surface area contributed by atoms with Crippen molar-refractivity contribution in [3.05, 3.63) is 59.7 Å². The lowest BCUT2D eigenvalue weighted by Gasteiger charge is -2.22. The summed E-state index contributed by atoms with van der Waals surface area (Å²) in [5.74, 6) is 0.655. The number of amides is 2. The zero-order valence-corrected chi connectivity index (χ0v) is 15.6. The van der Waals surface area contributed by atoms with Crippen LogP contribution in [0.15, 0.2) is 48.5 Å². The van der Waals surface area contributed by atoms with Gasteiger partial charge < -0.3 is 19.6 Å². The molecule has 0 aromatic heterocycles. The second kappa shape index (κ2) is 8.22. The van der Waals surface area contributed by atoms with E-state index in [4.69, 9.17) is 4.74 Å². The van der Waals surface area contributed by atoms with E-state index in [-0.39, 0.29) is 18.4 Å². The molecule has 2 aromatic rings. The Kier molecular flexibility index (Phi) is 5.76. The fraction of sp³-hybridized carbons (Fsp3) is 0.333. The molecule has 1 fully saturated rings. The minimum Gasteiger partial charge on any atom is -0.497 e. The number of aliphatic hydroxyl groups is 1. The number of aliphatic hydroxyl groups excluding tert-OH is 1. The van der Waals surface area contributed by atoms with Crippen molar-refractivity contribution in [1.82, 2.24) is 4.90 Å². The SMILES string of the molecule is COc1ccc(C(O)CN(C)C(=O)c2ccc(N3CCCC3=O)cc2)cc1. The Morgan fingerprint density at radius 3 is 2.41 bits per heavy atom. The maximum absolute atomic E-state index is 12.6. The smallest absolute Gasteiger partial charge is 0.253 e. The summed E-state index contributed by atoms with van der Waals surface area (Å²) in [6, 6.07) is 14.2. The lowest BCUT2D eigenvalue weighted by molar-refractivity contribution is -0.117. The molecule has 1 aliphatic heterocycles. The highest BCUT2D eigenvalue weighted by atomic mass is 16.5. The summed E-state index contributed by atoms with van der Waals surface area (Å²) in [6.45, 7) is 0.900. The van der Waals surface area contributed by atoms with Gasteiger partial charge in [-0.25, -0.2) is 0 Å².